The van der Waals surface area contributed by atoms with Crippen molar-refractivity contribution in [1.82, 2.24) is 39.7 Å². The molecule has 1 saturated carbocycles. The van der Waals surface area contributed by atoms with Crippen LogP contribution in [0.4, 0.5) is 34.6 Å². The summed E-state index contributed by atoms with van der Waals surface area (Å²) in [5, 5.41) is 14.2. The summed E-state index contributed by atoms with van der Waals surface area (Å²) in [7, 11) is 0. The topological polar surface area (TPSA) is 233 Å². The molecule has 0 bridgehead atoms. The Morgan fingerprint density at radius 2 is 1.20 bits per heavy atom. The molecule has 17 nitrogen and oxygen atoms in total. The Hall–Kier alpha value is -5.55. The molecule has 4 aromatic heterocycles. The number of carbonyl (C=O) groups excluding carboxylic acids is 3. The molecule has 1 aliphatic carbocycles. The van der Waals surface area contributed by atoms with Crippen molar-refractivity contribution in [3.8, 4) is 0 Å². The third-order valence-electron chi connectivity index (χ3n) is 7.78. The summed E-state index contributed by atoms with van der Waals surface area (Å²) in [6.45, 7) is 6.84. The van der Waals surface area contributed by atoms with Gasteiger partial charge in [-0.15, -0.1) is 0 Å². The zero-order chi connectivity index (χ0) is 35.4. The van der Waals surface area contributed by atoms with Gasteiger partial charge in [-0.1, -0.05) is 23.2 Å². The molecule has 0 spiro atoms. The van der Waals surface area contributed by atoms with Crippen LogP contribution in [0.1, 0.15) is 61.5 Å². The molecule has 0 atom stereocenters. The van der Waals surface area contributed by atoms with Crippen LogP contribution < -0.4 is 43.4 Å². The van der Waals surface area contributed by atoms with Crippen LogP contribution in [-0.2, 0) is 16.1 Å². The first-order valence-electron chi connectivity index (χ1n) is 14.9. The quantitative estimate of drug-likeness (QED) is 0.170. The fourth-order valence-electron chi connectivity index (χ4n) is 5.41. The number of carbonyl (C=O) groups is 3. The number of amides is 3. The minimum Gasteiger partial charge on any atom is -0.384 e. The van der Waals surface area contributed by atoms with E-state index in [0.29, 0.717) is 17.5 Å². The Kier molecular flexibility index (Phi) is 8.28. The van der Waals surface area contributed by atoms with Gasteiger partial charge in [0.05, 0.1) is 10.0 Å². The van der Waals surface area contributed by atoms with Gasteiger partial charge in [0, 0.05) is 18.1 Å². The molecule has 3 aliphatic rings. The van der Waals surface area contributed by atoms with Crippen LogP contribution in [0, 0.1) is 5.92 Å². The molecule has 6 heterocycles. The van der Waals surface area contributed by atoms with E-state index in [1.54, 1.807) is 27.7 Å². The minimum atomic E-state index is -0.903. The number of rotatable bonds is 6. The summed E-state index contributed by atoms with van der Waals surface area (Å²) in [6, 6.07) is 5.80. The van der Waals surface area contributed by atoms with Gasteiger partial charge in [0.1, 0.15) is 70.0 Å². The summed E-state index contributed by atoms with van der Waals surface area (Å²) in [5.41, 5.74) is 3.62. The molecule has 4 aromatic rings. The van der Waals surface area contributed by atoms with Crippen molar-refractivity contribution < 1.29 is 14.4 Å². The van der Waals surface area contributed by atoms with Crippen LogP contribution in [0.2, 0.25) is 10.0 Å². The molecular formula is C30H30Cl2N12O5. The second-order valence-electron chi connectivity index (χ2n) is 12.4. The molecule has 0 unspecified atom stereocenters. The third kappa shape index (κ3) is 6.49. The molecule has 254 valence electrons. The van der Waals surface area contributed by atoms with Crippen LogP contribution in [0.25, 0.3) is 0 Å². The number of pyridine rings is 2. The highest BCUT2D eigenvalue weighted by Gasteiger charge is 2.39. The van der Waals surface area contributed by atoms with Crippen LogP contribution in [0.15, 0.2) is 46.5 Å². The molecule has 7 N–H and O–H groups in total. The highest BCUT2D eigenvalue weighted by atomic mass is 35.5. The predicted molar refractivity (Wildman–Crippen MR) is 181 cm³/mol. The molecule has 0 saturated heterocycles. The van der Waals surface area contributed by atoms with E-state index in [4.69, 9.17) is 28.9 Å². The van der Waals surface area contributed by atoms with Gasteiger partial charge in [-0.25, -0.2) is 19.9 Å². The second-order valence-corrected chi connectivity index (χ2v) is 13.3. The largest absolute Gasteiger partial charge is 0.384 e. The number of halogens is 2. The zero-order valence-electron chi connectivity index (χ0n) is 26.5. The average Bonchev–Trinajstić information content (AvgIpc) is 3.78. The van der Waals surface area contributed by atoms with Crippen molar-refractivity contribution >= 4 is 75.6 Å². The van der Waals surface area contributed by atoms with Crippen molar-refractivity contribution in [2.45, 2.75) is 51.9 Å². The number of nitrogens with zero attached hydrogens (tertiary/aromatic N) is 6. The van der Waals surface area contributed by atoms with Crippen molar-refractivity contribution in [3.05, 3.63) is 79.1 Å². The van der Waals surface area contributed by atoms with Gasteiger partial charge < -0.3 is 32.3 Å². The molecule has 3 amide bonds. The molecule has 19 heteroatoms. The van der Waals surface area contributed by atoms with E-state index in [-0.39, 0.29) is 61.9 Å². The van der Waals surface area contributed by atoms with Gasteiger partial charge >= 0.3 is 0 Å². The molecule has 0 radical (unpaired) electrons. The Balaban J connectivity index is 0.000000174. The molecular weight excluding hydrogens is 679 g/mol. The van der Waals surface area contributed by atoms with Crippen molar-refractivity contribution in [2.24, 2.45) is 5.92 Å². The number of hydrogen-bond acceptors (Lipinski definition) is 12. The first-order valence-corrected chi connectivity index (χ1v) is 15.6. The van der Waals surface area contributed by atoms with E-state index in [0.717, 1.165) is 12.8 Å². The van der Waals surface area contributed by atoms with Gasteiger partial charge in [0.15, 0.2) is 0 Å². The van der Waals surface area contributed by atoms with E-state index in [2.05, 4.69) is 46.5 Å². The number of aromatic nitrogens is 6. The number of hydrogen-bond donors (Lipinski definition) is 6. The third-order valence-corrected chi connectivity index (χ3v) is 8.35. The highest BCUT2D eigenvalue weighted by Crippen LogP contribution is 2.31. The number of nitrogens with two attached hydrogens (primary N) is 1. The molecule has 7 rings (SSSR count). The number of fused-ring (bicyclic) bond motifs is 2. The number of anilines is 6. The van der Waals surface area contributed by atoms with Crippen LogP contribution >= 0.6 is 23.2 Å². The van der Waals surface area contributed by atoms with E-state index >= 15 is 0 Å². The first kappa shape index (κ1) is 33.4. The Morgan fingerprint density at radius 3 is 1.67 bits per heavy atom. The second kappa shape index (κ2) is 12.2. The van der Waals surface area contributed by atoms with Crippen molar-refractivity contribution in [1.29, 1.82) is 0 Å². The van der Waals surface area contributed by atoms with Gasteiger partial charge in [0.2, 0.25) is 5.91 Å². The predicted octanol–water partition coefficient (Wildman–Crippen LogP) is 2.87. The summed E-state index contributed by atoms with van der Waals surface area (Å²) in [5.74, 6) is 0.466. The van der Waals surface area contributed by atoms with Crippen molar-refractivity contribution in [3.63, 3.8) is 0 Å². The fourth-order valence-corrected chi connectivity index (χ4v) is 5.97. The molecule has 0 aromatic carbocycles. The molecule has 49 heavy (non-hydrogen) atoms. The lowest BCUT2D eigenvalue weighted by molar-refractivity contribution is -0.117. The smallest absolute Gasteiger partial charge is 0.276 e. The standard InChI is InChI=1S/C17H17ClN6O3.C13H13ClN6O2/c1-17(2)23-15(26)13-9(18)5-10(16(27)24(13)17)21-11-6-12(20-7-19-11)22-14(25)8-3-4-8;1-13(2)19-11(21)10-6(14)3-7(12(22)20(10)13)18-9-4-8(15)16-5-17-9/h5-8H,3-4H2,1-2H3,(H,23,26)(H2,19,20,21,22,25);3-5H,1-2H3,(H,19,21)(H3,15,16,17,18). The molecule has 2 aliphatic heterocycles. The maximum Gasteiger partial charge on any atom is 0.276 e. The van der Waals surface area contributed by atoms with E-state index in [9.17, 15) is 24.0 Å². The van der Waals surface area contributed by atoms with E-state index in [1.807, 2.05) is 0 Å². The SMILES string of the molecule is CC1(C)NC(=O)c2c(Cl)cc(Nc3cc(N)ncn3)c(=O)n21.CC1(C)NC(=O)c2c(Cl)cc(Nc3cc(NC(=O)C4CC4)ncn3)c(=O)n21. The minimum absolute atomic E-state index is 0.0452. The Bertz CT molecular complexity index is 2180. The number of nitrogen functional groups attached to an aromatic ring is 1. The molecule has 1 fully saturated rings. The average molecular weight is 710 g/mol. The van der Waals surface area contributed by atoms with Crippen LogP contribution in [0.5, 0.6) is 0 Å². The van der Waals surface area contributed by atoms with Gasteiger partial charge in [-0.05, 0) is 52.7 Å². The van der Waals surface area contributed by atoms with Gasteiger partial charge in [-0.2, -0.15) is 0 Å². The summed E-state index contributed by atoms with van der Waals surface area (Å²) < 4.78 is 2.64. The first-order chi connectivity index (χ1) is 23.1. The summed E-state index contributed by atoms with van der Waals surface area (Å²) in [6.07, 6.45) is 4.33. The van der Waals surface area contributed by atoms with Crippen LogP contribution in [-0.4, -0.2) is 46.8 Å². The Morgan fingerprint density at radius 1 is 0.755 bits per heavy atom. The van der Waals surface area contributed by atoms with E-state index < -0.39 is 22.8 Å². The lowest BCUT2D eigenvalue weighted by Crippen LogP contribution is -2.42. The lowest BCUT2D eigenvalue weighted by atomic mass is 10.2. The van der Waals surface area contributed by atoms with E-state index in [1.165, 1.54) is 46.1 Å². The highest BCUT2D eigenvalue weighted by molar-refractivity contribution is 6.34. The fraction of sp³-hybridized carbons (Fsp3) is 0.300. The van der Waals surface area contributed by atoms with Gasteiger partial charge in [0.25, 0.3) is 22.9 Å². The normalized spacial score (nSPS) is 16.4. The van der Waals surface area contributed by atoms with Crippen LogP contribution in [0.3, 0.4) is 0 Å². The summed E-state index contributed by atoms with van der Waals surface area (Å²) >= 11 is 12.4. The zero-order valence-corrected chi connectivity index (χ0v) is 28.0. The Labute approximate surface area is 287 Å². The maximum absolute atomic E-state index is 12.9. The monoisotopic (exact) mass is 708 g/mol. The van der Waals surface area contributed by atoms with Crippen molar-refractivity contribution in [2.75, 3.05) is 21.7 Å². The maximum atomic E-state index is 12.9. The van der Waals surface area contributed by atoms with Gasteiger partial charge in [-0.3, -0.25) is 33.1 Å². The summed E-state index contributed by atoms with van der Waals surface area (Å²) in [4.78, 5) is 77.3. The lowest BCUT2D eigenvalue weighted by Gasteiger charge is -2.22. The number of nitrogens with one attached hydrogen (secondary N) is 5.